The number of hydrogen-bond acceptors (Lipinski definition) is 4. The van der Waals surface area contributed by atoms with Crippen LogP contribution in [0.4, 0.5) is 0 Å². The first-order valence-electron chi connectivity index (χ1n) is 7.47. The molecule has 0 radical (unpaired) electrons. The van der Waals surface area contributed by atoms with Gasteiger partial charge in [-0.3, -0.25) is 0 Å². The van der Waals surface area contributed by atoms with E-state index in [1.807, 2.05) is 38.1 Å². The van der Waals surface area contributed by atoms with Gasteiger partial charge < -0.3 is 10.5 Å². The summed E-state index contributed by atoms with van der Waals surface area (Å²) in [6.07, 6.45) is 0. The van der Waals surface area contributed by atoms with Gasteiger partial charge in [-0.1, -0.05) is 49.0 Å². The van der Waals surface area contributed by atoms with Crippen molar-refractivity contribution >= 4 is 27.0 Å². The summed E-state index contributed by atoms with van der Waals surface area (Å²) < 4.78 is 30.6. The van der Waals surface area contributed by atoms with Gasteiger partial charge in [0.25, 0.3) is 0 Å². The minimum absolute atomic E-state index is 0.0799. The molecule has 3 atom stereocenters. The van der Waals surface area contributed by atoms with E-state index in [4.69, 9.17) is 22.7 Å². The first-order chi connectivity index (χ1) is 10.3. The molecule has 0 saturated heterocycles. The fraction of sp³-hybridized carbons (Fsp3) is 0.562. The Labute approximate surface area is 138 Å². The zero-order valence-corrected chi connectivity index (χ0v) is 14.8. The molecule has 0 spiro atoms. The monoisotopic (exact) mass is 341 g/mol. The Hall–Kier alpha value is -0.980. The van der Waals surface area contributed by atoms with Gasteiger partial charge in [0.1, 0.15) is 0 Å². The van der Waals surface area contributed by atoms with Crippen LogP contribution in [-0.2, 0) is 14.6 Å². The number of sulfone groups is 1. The van der Waals surface area contributed by atoms with Crippen molar-refractivity contribution in [1.29, 1.82) is 0 Å². The summed E-state index contributed by atoms with van der Waals surface area (Å²) in [6, 6.07) is 7.89. The molecule has 1 aliphatic carbocycles. The Bertz CT molecular complexity index is 654. The van der Waals surface area contributed by atoms with E-state index in [9.17, 15) is 8.42 Å². The maximum atomic E-state index is 12.5. The predicted molar refractivity (Wildman–Crippen MR) is 92.9 cm³/mol. The molecule has 122 valence electrons. The van der Waals surface area contributed by atoms with Crippen molar-refractivity contribution in [2.45, 2.75) is 31.9 Å². The lowest BCUT2D eigenvalue weighted by Gasteiger charge is -2.16. The van der Waals surface area contributed by atoms with E-state index in [2.05, 4.69) is 0 Å². The van der Waals surface area contributed by atoms with Crippen molar-refractivity contribution < 1.29 is 13.2 Å². The number of hydrogen-bond donors (Lipinski definition) is 1. The summed E-state index contributed by atoms with van der Waals surface area (Å²) in [7, 11) is -3.26. The highest BCUT2D eigenvalue weighted by molar-refractivity contribution is 7.92. The number of rotatable bonds is 7. The minimum Gasteiger partial charge on any atom is -0.393 e. The van der Waals surface area contributed by atoms with Crippen LogP contribution in [0.1, 0.15) is 30.9 Å². The predicted octanol–water partition coefficient (Wildman–Crippen LogP) is 2.20. The smallest absolute Gasteiger partial charge is 0.154 e. The first-order valence-corrected chi connectivity index (χ1v) is 9.59. The van der Waals surface area contributed by atoms with Crippen molar-refractivity contribution in [2.24, 2.45) is 11.1 Å². The summed E-state index contributed by atoms with van der Waals surface area (Å²) in [5.74, 6) is -0.140. The van der Waals surface area contributed by atoms with Gasteiger partial charge in [-0.25, -0.2) is 8.42 Å². The molecule has 1 fully saturated rings. The van der Waals surface area contributed by atoms with E-state index in [0.717, 1.165) is 11.1 Å². The first kappa shape index (κ1) is 17.4. The highest BCUT2D eigenvalue weighted by atomic mass is 32.2. The fourth-order valence-electron chi connectivity index (χ4n) is 3.17. The van der Waals surface area contributed by atoms with Crippen molar-refractivity contribution in [2.75, 3.05) is 19.0 Å². The molecule has 0 unspecified atom stereocenters. The SMILES string of the molecule is CCOC[C@]1(C(N)=S)[C@@H](c2ccc(C)cc2)[C@@H]1S(=O)(=O)CC. The second-order valence-corrected chi connectivity index (χ2v) is 8.65. The molecule has 1 aliphatic rings. The van der Waals surface area contributed by atoms with Gasteiger partial charge in [-0.15, -0.1) is 0 Å². The normalized spacial score (nSPS) is 27.6. The van der Waals surface area contributed by atoms with Crippen LogP contribution in [0.25, 0.3) is 0 Å². The van der Waals surface area contributed by atoms with Crippen LogP contribution in [0, 0.1) is 12.3 Å². The van der Waals surface area contributed by atoms with Crippen molar-refractivity contribution in [3.63, 3.8) is 0 Å². The Morgan fingerprint density at radius 2 is 1.91 bits per heavy atom. The van der Waals surface area contributed by atoms with Crippen molar-refractivity contribution in [1.82, 2.24) is 0 Å². The molecule has 4 nitrogen and oxygen atoms in total. The topological polar surface area (TPSA) is 69.4 Å². The molecule has 1 aromatic carbocycles. The molecule has 1 saturated carbocycles. The molecule has 2 N–H and O–H groups in total. The quantitative estimate of drug-likeness (QED) is 0.770. The summed E-state index contributed by atoms with van der Waals surface area (Å²) in [6.45, 7) is 6.29. The highest BCUT2D eigenvalue weighted by Gasteiger charge is 2.72. The molecular weight excluding hydrogens is 318 g/mol. The van der Waals surface area contributed by atoms with E-state index in [0.29, 0.717) is 6.61 Å². The molecule has 0 bridgehead atoms. The number of benzene rings is 1. The van der Waals surface area contributed by atoms with Crippen LogP contribution >= 0.6 is 12.2 Å². The number of ether oxygens (including phenoxy) is 1. The molecule has 22 heavy (non-hydrogen) atoms. The largest absolute Gasteiger partial charge is 0.393 e. The number of thiocarbonyl (C=S) groups is 1. The maximum absolute atomic E-state index is 12.5. The maximum Gasteiger partial charge on any atom is 0.154 e. The molecule has 2 rings (SSSR count). The van der Waals surface area contributed by atoms with Crippen LogP contribution in [-0.4, -0.2) is 37.6 Å². The lowest BCUT2D eigenvalue weighted by Crippen LogP contribution is -2.34. The summed E-state index contributed by atoms with van der Waals surface area (Å²) in [4.78, 5) is 0.230. The second-order valence-electron chi connectivity index (χ2n) is 5.80. The third-order valence-electron chi connectivity index (χ3n) is 4.49. The van der Waals surface area contributed by atoms with Crippen LogP contribution in [0.15, 0.2) is 24.3 Å². The lowest BCUT2D eigenvalue weighted by atomic mass is 9.99. The molecule has 0 aromatic heterocycles. The molecule has 0 amide bonds. The third-order valence-corrected chi connectivity index (χ3v) is 7.14. The van der Waals surface area contributed by atoms with Gasteiger partial charge in [0.15, 0.2) is 9.84 Å². The van der Waals surface area contributed by atoms with Crippen LogP contribution < -0.4 is 5.73 Å². The van der Waals surface area contributed by atoms with Crippen molar-refractivity contribution in [3.8, 4) is 0 Å². The zero-order chi connectivity index (χ0) is 16.5. The average Bonchev–Trinajstić information content (AvgIpc) is 3.17. The minimum atomic E-state index is -3.26. The Morgan fingerprint density at radius 1 is 1.32 bits per heavy atom. The molecule has 6 heteroatoms. The fourth-order valence-corrected chi connectivity index (χ4v) is 5.63. The van der Waals surface area contributed by atoms with E-state index in [1.165, 1.54) is 0 Å². The van der Waals surface area contributed by atoms with E-state index >= 15 is 0 Å². The summed E-state index contributed by atoms with van der Waals surface area (Å²) in [5, 5.41) is -0.586. The second kappa shape index (κ2) is 6.26. The Balaban J connectivity index is 2.48. The van der Waals surface area contributed by atoms with Gasteiger partial charge in [0.05, 0.1) is 22.3 Å². The standard InChI is InChI=1S/C16H23NO3S2/c1-4-20-10-16(15(17)21)13(14(16)22(18,19)5-2)12-8-6-11(3)7-9-12/h6-9,13-14H,4-5,10H2,1-3H3,(H2,17,21)/t13-,14-,16-/m0/s1. The zero-order valence-electron chi connectivity index (χ0n) is 13.2. The summed E-state index contributed by atoms with van der Waals surface area (Å²) >= 11 is 5.24. The Kier molecular flexibility index (Phi) is 4.94. The van der Waals surface area contributed by atoms with E-state index in [-0.39, 0.29) is 23.3 Å². The van der Waals surface area contributed by atoms with E-state index < -0.39 is 20.5 Å². The van der Waals surface area contributed by atoms with Crippen molar-refractivity contribution in [3.05, 3.63) is 35.4 Å². The van der Waals surface area contributed by atoms with E-state index in [1.54, 1.807) is 6.92 Å². The van der Waals surface area contributed by atoms with Crippen LogP contribution in [0.2, 0.25) is 0 Å². The van der Waals surface area contributed by atoms with Gasteiger partial charge in [-0.2, -0.15) is 0 Å². The highest BCUT2D eigenvalue weighted by Crippen LogP contribution is 2.63. The van der Waals surface area contributed by atoms with Crippen LogP contribution in [0.3, 0.4) is 0 Å². The van der Waals surface area contributed by atoms with Gasteiger partial charge in [-0.05, 0) is 19.4 Å². The lowest BCUT2D eigenvalue weighted by molar-refractivity contribution is 0.121. The summed E-state index contributed by atoms with van der Waals surface area (Å²) in [5.41, 5.74) is 7.27. The van der Waals surface area contributed by atoms with Gasteiger partial charge in [0.2, 0.25) is 0 Å². The number of nitrogens with two attached hydrogens (primary N) is 1. The van der Waals surface area contributed by atoms with Gasteiger partial charge in [0, 0.05) is 18.3 Å². The van der Waals surface area contributed by atoms with Gasteiger partial charge >= 0.3 is 0 Å². The molecule has 0 aliphatic heterocycles. The Morgan fingerprint density at radius 3 is 2.36 bits per heavy atom. The van der Waals surface area contributed by atoms with Crippen LogP contribution in [0.5, 0.6) is 0 Å². The average molecular weight is 341 g/mol. The molecule has 0 heterocycles. The third kappa shape index (κ3) is 2.79. The molecular formula is C16H23NO3S2. The molecule has 1 aromatic rings. The number of aryl methyl sites for hydroxylation is 1.